The van der Waals surface area contributed by atoms with Crippen LogP contribution in [0.3, 0.4) is 0 Å². The average molecular weight is 585 g/mol. The molecule has 2 atom stereocenters. The molecule has 0 spiro atoms. The predicted octanol–water partition coefficient (Wildman–Crippen LogP) is 1.92. The molecule has 1 aliphatic heterocycles. The Labute approximate surface area is 230 Å². The summed E-state index contributed by atoms with van der Waals surface area (Å²) in [5.41, 5.74) is 6.00. The van der Waals surface area contributed by atoms with Gasteiger partial charge in [-0.1, -0.05) is 55.5 Å². The van der Waals surface area contributed by atoms with Gasteiger partial charge in [0.05, 0.1) is 0 Å². The van der Waals surface area contributed by atoms with Crippen molar-refractivity contribution in [3.63, 3.8) is 0 Å². The molecular weight excluding hydrogens is 559 g/mol. The maximum atomic E-state index is 13.1. The van der Waals surface area contributed by atoms with Gasteiger partial charge in [0.15, 0.2) is 0 Å². The van der Waals surface area contributed by atoms with E-state index in [2.05, 4.69) is 11.1 Å². The first-order valence-electron chi connectivity index (χ1n) is 11.5. The molecule has 0 unspecified atom stereocenters. The molecule has 1 aliphatic rings. The van der Waals surface area contributed by atoms with E-state index in [4.69, 9.17) is 29.3 Å². The Morgan fingerprint density at radius 1 is 0.976 bits per heavy atom. The number of nitrogens with two attached hydrogens (primary N) is 1. The molecule has 2 aromatic rings. The maximum absolute atomic E-state index is 13.1. The van der Waals surface area contributed by atoms with Gasteiger partial charge in [-0.3, -0.25) is 14.5 Å². The van der Waals surface area contributed by atoms with E-state index in [1.165, 1.54) is 4.90 Å². The van der Waals surface area contributed by atoms with Gasteiger partial charge in [-0.05, 0) is 23.6 Å². The summed E-state index contributed by atoms with van der Waals surface area (Å²) in [5, 5.41) is 26.9. The Balaban J connectivity index is 0.000000539. The number of hydrogen-bond acceptors (Lipinski definition) is 7. The Morgan fingerprint density at radius 3 is 1.95 bits per heavy atom. The zero-order valence-corrected chi connectivity index (χ0v) is 21.3. The number of ether oxygens (including phenoxy) is 1. The Morgan fingerprint density at radius 2 is 1.49 bits per heavy atom. The van der Waals surface area contributed by atoms with Crippen molar-refractivity contribution in [2.45, 2.75) is 44.6 Å². The number of carboxylic acids is 3. The molecule has 2 aromatic carbocycles. The van der Waals surface area contributed by atoms with Gasteiger partial charge in [-0.2, -0.15) is 13.2 Å². The number of alkyl carbamates (subject to hydrolysis) is 1. The fourth-order valence-electron chi connectivity index (χ4n) is 3.27. The summed E-state index contributed by atoms with van der Waals surface area (Å²) in [5.74, 6) is -7.44. The second kappa shape index (κ2) is 15.4. The number of carboxylic acid groups (broad SMARTS) is 3. The summed E-state index contributed by atoms with van der Waals surface area (Å²) >= 11 is 0. The number of hydrogen-bond donors (Lipinski definition) is 5. The number of fused-ring (bicyclic) bond motifs is 1. The first-order chi connectivity index (χ1) is 19.1. The Kier molecular flexibility index (Phi) is 12.8. The third kappa shape index (κ3) is 10.9. The number of anilines is 1. The second-order valence-electron chi connectivity index (χ2n) is 8.03. The normalized spacial score (nSPS) is 14.0. The second-order valence-corrected chi connectivity index (χ2v) is 8.03. The highest BCUT2D eigenvalue weighted by atomic mass is 19.4. The monoisotopic (exact) mass is 585 g/mol. The third-order valence-electron chi connectivity index (χ3n) is 5.17. The summed E-state index contributed by atoms with van der Waals surface area (Å²) in [7, 11) is 0. The maximum Gasteiger partial charge on any atom is 0.470 e. The molecule has 3 amide bonds. The van der Waals surface area contributed by atoms with Crippen LogP contribution < -0.4 is 16.0 Å². The highest BCUT2D eigenvalue weighted by Gasteiger charge is 2.40. The zero-order valence-electron chi connectivity index (χ0n) is 21.3. The molecule has 13 nitrogen and oxygen atoms in total. The number of rotatable bonds is 6. The number of carbonyl (C=O) groups excluding carboxylic acids is 3. The minimum absolute atomic E-state index is 0.0849. The van der Waals surface area contributed by atoms with Crippen molar-refractivity contribution >= 4 is 41.5 Å². The van der Waals surface area contributed by atoms with Crippen molar-refractivity contribution in [3.8, 4) is 0 Å². The SMILES string of the molecule is CC[C@H](NC(=O)OCc1ccccc1)C(=O)N1c2ccccc2C[C@H]1C(=O)O.NC(=O)C(F)(F)F.O=C(O)C(=O)O. The number of halogens is 3. The van der Waals surface area contributed by atoms with Crippen LogP contribution in [0.5, 0.6) is 0 Å². The molecule has 222 valence electrons. The number of nitrogens with one attached hydrogen (secondary N) is 1. The van der Waals surface area contributed by atoms with E-state index in [9.17, 15) is 32.7 Å². The molecule has 0 aliphatic carbocycles. The largest absolute Gasteiger partial charge is 0.480 e. The lowest BCUT2D eigenvalue weighted by atomic mass is 10.1. The van der Waals surface area contributed by atoms with Crippen LogP contribution in [-0.2, 0) is 41.7 Å². The van der Waals surface area contributed by atoms with Crippen LogP contribution in [0.4, 0.5) is 23.7 Å². The minimum Gasteiger partial charge on any atom is -0.480 e. The summed E-state index contributed by atoms with van der Waals surface area (Å²) in [6.07, 6.45) is -5.03. The molecular formula is C25H26F3N3O10. The van der Waals surface area contributed by atoms with Gasteiger partial charge < -0.3 is 31.1 Å². The molecule has 16 heteroatoms. The Bertz CT molecular complexity index is 1240. The van der Waals surface area contributed by atoms with Gasteiger partial charge in [0.2, 0.25) is 0 Å². The number of para-hydroxylation sites is 1. The van der Waals surface area contributed by atoms with Crippen LogP contribution in [0.2, 0.25) is 0 Å². The number of primary amides is 1. The molecule has 0 bridgehead atoms. The minimum atomic E-state index is -4.86. The zero-order chi connectivity index (χ0) is 31.3. The van der Waals surface area contributed by atoms with Crippen LogP contribution in [0, 0.1) is 0 Å². The molecule has 41 heavy (non-hydrogen) atoms. The number of amides is 3. The number of benzene rings is 2. The fourth-order valence-corrected chi connectivity index (χ4v) is 3.27. The van der Waals surface area contributed by atoms with Crippen molar-refractivity contribution in [1.82, 2.24) is 5.32 Å². The van der Waals surface area contributed by atoms with Crippen LogP contribution in [0.15, 0.2) is 54.6 Å². The van der Waals surface area contributed by atoms with E-state index < -0.39 is 54.1 Å². The highest BCUT2D eigenvalue weighted by Crippen LogP contribution is 2.33. The van der Waals surface area contributed by atoms with Gasteiger partial charge >= 0.3 is 36.1 Å². The fraction of sp³-hybridized carbons (Fsp3) is 0.280. The molecule has 0 radical (unpaired) electrons. The average Bonchev–Trinajstić information content (AvgIpc) is 3.31. The van der Waals surface area contributed by atoms with Gasteiger partial charge in [0.1, 0.15) is 18.7 Å². The van der Waals surface area contributed by atoms with E-state index in [1.807, 2.05) is 36.4 Å². The quantitative estimate of drug-likeness (QED) is 0.311. The lowest BCUT2D eigenvalue weighted by molar-refractivity contribution is -0.169. The highest BCUT2D eigenvalue weighted by molar-refractivity contribution is 6.27. The van der Waals surface area contributed by atoms with Crippen molar-refractivity contribution < 1.29 is 62.0 Å². The van der Waals surface area contributed by atoms with E-state index in [1.54, 1.807) is 25.1 Å². The molecule has 0 fully saturated rings. The van der Waals surface area contributed by atoms with E-state index in [-0.39, 0.29) is 13.0 Å². The van der Waals surface area contributed by atoms with Crippen molar-refractivity contribution in [1.29, 1.82) is 0 Å². The lowest BCUT2D eigenvalue weighted by Crippen LogP contribution is -2.52. The number of carbonyl (C=O) groups is 6. The summed E-state index contributed by atoms with van der Waals surface area (Å²) < 4.78 is 37.3. The molecule has 0 aromatic heterocycles. The van der Waals surface area contributed by atoms with Crippen LogP contribution >= 0.6 is 0 Å². The first-order valence-corrected chi connectivity index (χ1v) is 11.5. The molecule has 3 rings (SSSR count). The van der Waals surface area contributed by atoms with Crippen molar-refractivity contribution in [2.75, 3.05) is 4.90 Å². The molecule has 1 heterocycles. The van der Waals surface area contributed by atoms with E-state index in [0.29, 0.717) is 12.1 Å². The number of nitrogens with zero attached hydrogens (tertiary/aromatic N) is 1. The molecule has 0 saturated carbocycles. The van der Waals surface area contributed by atoms with Gasteiger partial charge in [-0.25, -0.2) is 19.2 Å². The molecule has 0 saturated heterocycles. The first kappa shape index (κ1) is 33.9. The topological polar surface area (TPSA) is 214 Å². The van der Waals surface area contributed by atoms with Crippen LogP contribution in [0.25, 0.3) is 0 Å². The smallest absolute Gasteiger partial charge is 0.470 e. The standard InChI is InChI=1S/C21H22N2O5.C2H2F3NO.C2H2O4/c1-2-16(22-21(27)28-13-14-8-4-3-5-9-14)19(24)23-17-11-7-6-10-15(17)12-18(23)20(25)26;3-2(4,5)1(6)7;3-1(4)2(5)6/h3-11,16,18H,2,12-13H2,1H3,(H,22,27)(H,25,26);(H2,6,7);(H,3,4)(H,5,6)/t16-,18-;;/m0../s1. The van der Waals surface area contributed by atoms with E-state index >= 15 is 0 Å². The van der Waals surface area contributed by atoms with Gasteiger partial charge in [-0.15, -0.1) is 0 Å². The number of alkyl halides is 3. The van der Waals surface area contributed by atoms with Crippen molar-refractivity contribution in [3.05, 3.63) is 65.7 Å². The van der Waals surface area contributed by atoms with Crippen LogP contribution in [0.1, 0.15) is 24.5 Å². The van der Waals surface area contributed by atoms with Crippen LogP contribution in [-0.4, -0.2) is 69.4 Å². The Hall–Kier alpha value is -5.15. The van der Waals surface area contributed by atoms with Crippen molar-refractivity contribution in [2.24, 2.45) is 5.73 Å². The van der Waals surface area contributed by atoms with Gasteiger partial charge in [0.25, 0.3) is 5.91 Å². The van der Waals surface area contributed by atoms with Gasteiger partial charge in [0, 0.05) is 12.1 Å². The lowest BCUT2D eigenvalue weighted by Gasteiger charge is -2.27. The molecule has 6 N–H and O–H groups in total. The summed E-state index contributed by atoms with van der Waals surface area (Å²) in [4.78, 5) is 65.5. The summed E-state index contributed by atoms with van der Waals surface area (Å²) in [6.45, 7) is 1.83. The van der Waals surface area contributed by atoms with E-state index in [0.717, 1.165) is 11.1 Å². The number of aliphatic carboxylic acids is 3. The predicted molar refractivity (Wildman–Crippen MR) is 133 cm³/mol. The third-order valence-corrected chi connectivity index (χ3v) is 5.17. The summed E-state index contributed by atoms with van der Waals surface area (Å²) in [6, 6.07) is 14.4.